The number of hydrogen-bond donors (Lipinski definition) is 0. The highest BCUT2D eigenvalue weighted by molar-refractivity contribution is 5.47. The van der Waals surface area contributed by atoms with Gasteiger partial charge in [-0.3, -0.25) is 0 Å². The Hall–Kier alpha value is -1.12. The minimum absolute atomic E-state index is 0.0723. The first kappa shape index (κ1) is 10.4. The van der Waals surface area contributed by atoms with Crippen molar-refractivity contribution in [2.75, 3.05) is 13.2 Å². The van der Waals surface area contributed by atoms with Gasteiger partial charge >= 0.3 is 0 Å². The van der Waals surface area contributed by atoms with Crippen LogP contribution < -0.4 is 0 Å². The van der Waals surface area contributed by atoms with Crippen LogP contribution in [0.1, 0.15) is 18.1 Å². The molecule has 0 bridgehead atoms. The Labute approximate surface area is 90.5 Å². The number of ether oxygens (including phenoxy) is 2. The Morgan fingerprint density at radius 1 is 1.40 bits per heavy atom. The second-order valence-electron chi connectivity index (χ2n) is 4.18. The minimum atomic E-state index is -0.0723. The van der Waals surface area contributed by atoms with Crippen LogP contribution in [-0.2, 0) is 16.1 Å². The number of hydrogen-bond acceptors (Lipinski definition) is 2. The van der Waals surface area contributed by atoms with Crippen LogP contribution >= 0.6 is 0 Å². The molecule has 2 nitrogen and oxygen atoms in total. The lowest BCUT2D eigenvalue weighted by molar-refractivity contribution is -0.204. The van der Waals surface area contributed by atoms with E-state index in [1.807, 2.05) is 18.2 Å². The molecule has 1 aromatic rings. The summed E-state index contributed by atoms with van der Waals surface area (Å²) in [5.41, 5.74) is 2.25. The monoisotopic (exact) mass is 204 g/mol. The number of benzene rings is 1. The Bertz CT molecular complexity index is 336. The second-order valence-corrected chi connectivity index (χ2v) is 4.18. The molecule has 0 saturated carbocycles. The summed E-state index contributed by atoms with van der Waals surface area (Å²) in [7, 11) is 0. The second kappa shape index (κ2) is 4.17. The fourth-order valence-corrected chi connectivity index (χ4v) is 1.48. The van der Waals surface area contributed by atoms with Crippen molar-refractivity contribution in [2.45, 2.75) is 19.1 Å². The van der Waals surface area contributed by atoms with Crippen LogP contribution in [0.25, 0.3) is 6.08 Å². The Morgan fingerprint density at radius 3 is 2.53 bits per heavy atom. The smallest absolute Gasteiger partial charge is 0.112 e. The fourth-order valence-electron chi connectivity index (χ4n) is 1.48. The predicted molar refractivity (Wildman–Crippen MR) is 60.5 cm³/mol. The lowest BCUT2D eigenvalue weighted by Crippen LogP contribution is -2.48. The van der Waals surface area contributed by atoms with E-state index in [9.17, 15) is 0 Å². The first-order valence-corrected chi connectivity index (χ1v) is 5.15. The molecular weight excluding hydrogens is 188 g/mol. The zero-order valence-corrected chi connectivity index (χ0v) is 9.03. The first-order chi connectivity index (χ1) is 7.22. The van der Waals surface area contributed by atoms with Crippen LogP contribution in [0.4, 0.5) is 0 Å². The van der Waals surface area contributed by atoms with Gasteiger partial charge in [-0.2, -0.15) is 0 Å². The lowest BCUT2D eigenvalue weighted by Gasteiger charge is -2.37. The Kier molecular flexibility index (Phi) is 2.89. The van der Waals surface area contributed by atoms with E-state index in [4.69, 9.17) is 9.47 Å². The highest BCUT2D eigenvalue weighted by Gasteiger charge is 2.34. The molecule has 1 fully saturated rings. The molecule has 2 heteroatoms. The lowest BCUT2D eigenvalue weighted by atomic mass is 10.1. The zero-order valence-electron chi connectivity index (χ0n) is 9.03. The average Bonchev–Trinajstić information content (AvgIpc) is 2.24. The van der Waals surface area contributed by atoms with E-state index in [1.54, 1.807) is 0 Å². The van der Waals surface area contributed by atoms with E-state index >= 15 is 0 Å². The molecule has 1 saturated heterocycles. The quantitative estimate of drug-likeness (QED) is 0.750. The standard InChI is InChI=1S/C13H16O2/c1-3-11-4-6-12(7-5-11)8-15-13(2)9-14-10-13/h3-7H,1,8-10H2,2H3. The molecule has 0 atom stereocenters. The first-order valence-electron chi connectivity index (χ1n) is 5.15. The number of rotatable bonds is 4. The molecule has 0 amide bonds. The summed E-state index contributed by atoms with van der Waals surface area (Å²) < 4.78 is 10.9. The van der Waals surface area contributed by atoms with E-state index in [0.717, 1.165) is 5.56 Å². The van der Waals surface area contributed by atoms with Crippen molar-refractivity contribution in [1.82, 2.24) is 0 Å². The van der Waals surface area contributed by atoms with Gasteiger partial charge in [-0.05, 0) is 18.1 Å². The topological polar surface area (TPSA) is 18.5 Å². The molecule has 0 radical (unpaired) electrons. The molecular formula is C13H16O2. The van der Waals surface area contributed by atoms with Gasteiger partial charge in [0.15, 0.2) is 0 Å². The molecule has 15 heavy (non-hydrogen) atoms. The maximum absolute atomic E-state index is 5.77. The molecule has 1 aliphatic heterocycles. The molecule has 0 N–H and O–H groups in total. The van der Waals surface area contributed by atoms with Crippen molar-refractivity contribution < 1.29 is 9.47 Å². The van der Waals surface area contributed by atoms with Crippen molar-refractivity contribution in [2.24, 2.45) is 0 Å². The molecule has 1 aliphatic rings. The van der Waals surface area contributed by atoms with Crippen molar-refractivity contribution in [3.05, 3.63) is 42.0 Å². The molecule has 0 aliphatic carbocycles. The average molecular weight is 204 g/mol. The van der Waals surface area contributed by atoms with Crippen LogP contribution in [0.15, 0.2) is 30.8 Å². The molecule has 1 heterocycles. The van der Waals surface area contributed by atoms with E-state index in [0.29, 0.717) is 19.8 Å². The summed E-state index contributed by atoms with van der Waals surface area (Å²) >= 11 is 0. The highest BCUT2D eigenvalue weighted by Crippen LogP contribution is 2.22. The zero-order chi connectivity index (χ0) is 10.7. The van der Waals surface area contributed by atoms with E-state index < -0.39 is 0 Å². The van der Waals surface area contributed by atoms with Crippen LogP contribution in [0, 0.1) is 0 Å². The van der Waals surface area contributed by atoms with Gasteiger partial charge in [0.1, 0.15) is 5.60 Å². The highest BCUT2D eigenvalue weighted by atomic mass is 16.6. The van der Waals surface area contributed by atoms with Crippen LogP contribution in [0.3, 0.4) is 0 Å². The SMILES string of the molecule is C=Cc1ccc(COC2(C)COC2)cc1. The summed E-state index contributed by atoms with van der Waals surface area (Å²) in [6.07, 6.45) is 1.84. The third kappa shape index (κ3) is 2.46. The van der Waals surface area contributed by atoms with E-state index in [2.05, 4.69) is 25.6 Å². The van der Waals surface area contributed by atoms with Gasteiger partial charge in [0.05, 0.1) is 19.8 Å². The Balaban J connectivity index is 1.90. The maximum Gasteiger partial charge on any atom is 0.112 e. The van der Waals surface area contributed by atoms with Crippen molar-refractivity contribution in [3.63, 3.8) is 0 Å². The van der Waals surface area contributed by atoms with Gasteiger partial charge in [-0.15, -0.1) is 0 Å². The summed E-state index contributed by atoms with van der Waals surface area (Å²) in [4.78, 5) is 0. The molecule has 0 unspecified atom stereocenters. The molecule has 80 valence electrons. The largest absolute Gasteiger partial charge is 0.375 e. The summed E-state index contributed by atoms with van der Waals surface area (Å²) in [5, 5.41) is 0. The van der Waals surface area contributed by atoms with Crippen LogP contribution in [-0.4, -0.2) is 18.8 Å². The third-order valence-electron chi connectivity index (χ3n) is 2.62. The molecule has 0 aromatic heterocycles. The van der Waals surface area contributed by atoms with Gasteiger partial charge in [0.25, 0.3) is 0 Å². The fraction of sp³-hybridized carbons (Fsp3) is 0.385. The Morgan fingerprint density at radius 2 is 2.07 bits per heavy atom. The van der Waals surface area contributed by atoms with Gasteiger partial charge < -0.3 is 9.47 Å². The van der Waals surface area contributed by atoms with E-state index in [-0.39, 0.29) is 5.60 Å². The van der Waals surface area contributed by atoms with Gasteiger partial charge in [-0.25, -0.2) is 0 Å². The van der Waals surface area contributed by atoms with Gasteiger partial charge in [-0.1, -0.05) is 36.9 Å². The summed E-state index contributed by atoms with van der Waals surface area (Å²) in [6, 6.07) is 8.23. The van der Waals surface area contributed by atoms with Gasteiger partial charge in [0.2, 0.25) is 0 Å². The summed E-state index contributed by atoms with van der Waals surface area (Å²) in [5.74, 6) is 0. The summed E-state index contributed by atoms with van der Waals surface area (Å²) in [6.45, 7) is 7.86. The van der Waals surface area contributed by atoms with Crippen LogP contribution in [0.5, 0.6) is 0 Å². The minimum Gasteiger partial charge on any atom is -0.375 e. The van der Waals surface area contributed by atoms with Gasteiger partial charge in [0, 0.05) is 0 Å². The third-order valence-corrected chi connectivity index (χ3v) is 2.62. The van der Waals surface area contributed by atoms with E-state index in [1.165, 1.54) is 5.56 Å². The maximum atomic E-state index is 5.77. The van der Waals surface area contributed by atoms with Crippen LogP contribution in [0.2, 0.25) is 0 Å². The molecule has 1 aromatic carbocycles. The van der Waals surface area contributed by atoms with Crippen molar-refractivity contribution >= 4 is 6.08 Å². The normalized spacial score (nSPS) is 18.2. The molecule has 2 rings (SSSR count). The van der Waals surface area contributed by atoms with Crippen molar-refractivity contribution in [3.8, 4) is 0 Å². The predicted octanol–water partition coefficient (Wildman–Crippen LogP) is 2.64. The molecule has 0 spiro atoms. The van der Waals surface area contributed by atoms with Crippen molar-refractivity contribution in [1.29, 1.82) is 0 Å².